The van der Waals surface area contributed by atoms with Crippen LogP contribution in [0.1, 0.15) is 60.3 Å². The van der Waals surface area contributed by atoms with Crippen molar-refractivity contribution in [3.05, 3.63) is 24.3 Å². The fourth-order valence-electron chi connectivity index (χ4n) is 6.55. The number of hydrogen-bond acceptors (Lipinski definition) is 6. The monoisotopic (exact) mass is 515 g/mol. The number of likely N-dealkylation sites (tertiary alicyclic amines) is 1. The molecular weight excluding hydrogens is 474 g/mol. The number of nitrogens with one attached hydrogen (secondary N) is 2. The lowest BCUT2D eigenvalue weighted by Gasteiger charge is -2.38. The summed E-state index contributed by atoms with van der Waals surface area (Å²) in [5, 5.41) is 16.2. The molecular formula is C28H41N3O6. The number of aliphatic hydroxyl groups excluding tert-OH is 1. The molecule has 3 fully saturated rings. The Labute approximate surface area is 219 Å². The van der Waals surface area contributed by atoms with Crippen LogP contribution < -0.4 is 15.4 Å². The van der Waals surface area contributed by atoms with E-state index in [9.17, 15) is 19.5 Å². The van der Waals surface area contributed by atoms with Gasteiger partial charge in [-0.2, -0.15) is 0 Å². The minimum atomic E-state index is -1.11. The second kappa shape index (κ2) is 10.6. The number of hydrogen-bond donors (Lipinski definition) is 3. The van der Waals surface area contributed by atoms with Crippen LogP contribution in [0.15, 0.2) is 24.3 Å². The van der Waals surface area contributed by atoms with Crippen molar-refractivity contribution in [1.29, 1.82) is 0 Å². The van der Waals surface area contributed by atoms with Gasteiger partial charge >= 0.3 is 0 Å². The number of carbonyl (C=O) groups excluding carboxylic acids is 3. The number of unbranched alkanes of at least 4 members (excludes halogenated alkanes) is 1. The minimum Gasteiger partial charge on any atom is -0.494 e. The van der Waals surface area contributed by atoms with Crippen molar-refractivity contribution >= 4 is 23.4 Å². The van der Waals surface area contributed by atoms with Gasteiger partial charge in [0.25, 0.3) is 0 Å². The van der Waals surface area contributed by atoms with Crippen molar-refractivity contribution in [1.82, 2.24) is 10.2 Å². The molecule has 204 valence electrons. The first-order valence-electron chi connectivity index (χ1n) is 13.6. The molecule has 9 nitrogen and oxygen atoms in total. The molecule has 4 rings (SSSR count). The summed E-state index contributed by atoms with van der Waals surface area (Å²) in [6.45, 7) is 10.4. The Morgan fingerprint density at radius 1 is 1.19 bits per heavy atom. The lowest BCUT2D eigenvalue weighted by atomic mass is 9.66. The van der Waals surface area contributed by atoms with Gasteiger partial charge in [-0.3, -0.25) is 14.4 Å². The number of nitrogens with zero attached hydrogens (tertiary/aromatic N) is 1. The van der Waals surface area contributed by atoms with Crippen LogP contribution in [0.4, 0.5) is 5.69 Å². The quantitative estimate of drug-likeness (QED) is 0.390. The first-order valence-corrected chi connectivity index (χ1v) is 13.6. The predicted molar refractivity (Wildman–Crippen MR) is 139 cm³/mol. The highest BCUT2D eigenvalue weighted by atomic mass is 16.5. The number of benzene rings is 1. The molecule has 6 atom stereocenters. The lowest BCUT2D eigenvalue weighted by Crippen LogP contribution is -2.59. The number of amides is 3. The fraction of sp³-hybridized carbons (Fsp3) is 0.679. The maximum atomic E-state index is 14.1. The van der Waals surface area contributed by atoms with Crippen LogP contribution in [-0.4, -0.2) is 70.8 Å². The average molecular weight is 516 g/mol. The van der Waals surface area contributed by atoms with Gasteiger partial charge in [0.15, 0.2) is 0 Å². The third-order valence-corrected chi connectivity index (χ3v) is 8.32. The normalized spacial score (nSPS) is 30.9. The summed E-state index contributed by atoms with van der Waals surface area (Å²) < 4.78 is 12.1. The Hall–Kier alpha value is -2.65. The highest BCUT2D eigenvalue weighted by Gasteiger charge is 2.78. The molecule has 0 saturated carbocycles. The van der Waals surface area contributed by atoms with E-state index in [1.807, 2.05) is 34.6 Å². The molecule has 37 heavy (non-hydrogen) atoms. The van der Waals surface area contributed by atoms with Crippen LogP contribution in [0.5, 0.6) is 5.75 Å². The van der Waals surface area contributed by atoms with Gasteiger partial charge in [-0.15, -0.1) is 0 Å². The van der Waals surface area contributed by atoms with Crippen molar-refractivity contribution in [2.24, 2.45) is 17.8 Å². The van der Waals surface area contributed by atoms with E-state index in [4.69, 9.17) is 9.47 Å². The predicted octanol–water partition coefficient (Wildman–Crippen LogP) is 2.72. The molecule has 0 radical (unpaired) electrons. The number of rotatable bonds is 11. The number of aliphatic hydroxyl groups is 1. The Morgan fingerprint density at radius 2 is 1.89 bits per heavy atom. The topological polar surface area (TPSA) is 117 Å². The SMILES string of the molecule is CCCCNC(=O)C1N([C@@H](CO)C(C)C)C(=O)[C@@H]2[C@H](C(=O)Nc3ccc(OCC)cc3)[C@]3(C)CCC12O3. The summed E-state index contributed by atoms with van der Waals surface area (Å²) >= 11 is 0. The van der Waals surface area contributed by atoms with Gasteiger partial charge in [0.2, 0.25) is 17.7 Å². The Balaban J connectivity index is 1.67. The van der Waals surface area contributed by atoms with Crippen LogP contribution >= 0.6 is 0 Å². The maximum absolute atomic E-state index is 14.1. The van der Waals surface area contributed by atoms with E-state index in [0.29, 0.717) is 37.4 Å². The molecule has 3 saturated heterocycles. The highest BCUT2D eigenvalue weighted by molar-refractivity contribution is 6.02. The summed E-state index contributed by atoms with van der Waals surface area (Å²) in [6.07, 6.45) is 2.82. The molecule has 9 heteroatoms. The van der Waals surface area contributed by atoms with E-state index in [1.165, 1.54) is 4.90 Å². The Morgan fingerprint density at radius 3 is 2.49 bits per heavy atom. The molecule has 0 aliphatic carbocycles. The van der Waals surface area contributed by atoms with Crippen molar-refractivity contribution in [2.75, 3.05) is 25.1 Å². The first-order chi connectivity index (χ1) is 17.6. The average Bonchev–Trinajstić information content (AvgIpc) is 3.42. The van der Waals surface area contributed by atoms with Crippen LogP contribution in [-0.2, 0) is 19.1 Å². The van der Waals surface area contributed by atoms with E-state index < -0.39 is 35.1 Å². The van der Waals surface area contributed by atoms with Gasteiger partial charge < -0.3 is 30.1 Å². The van der Waals surface area contributed by atoms with Crippen molar-refractivity contribution in [3.8, 4) is 5.75 Å². The zero-order chi connectivity index (χ0) is 27.0. The third kappa shape index (κ3) is 4.61. The van der Waals surface area contributed by atoms with E-state index >= 15 is 0 Å². The summed E-state index contributed by atoms with van der Waals surface area (Å²) in [6, 6.07) is 5.65. The summed E-state index contributed by atoms with van der Waals surface area (Å²) in [7, 11) is 0. The van der Waals surface area contributed by atoms with E-state index in [1.54, 1.807) is 24.3 Å². The second-order valence-electron chi connectivity index (χ2n) is 11.1. The molecule has 3 amide bonds. The number of carbonyl (C=O) groups is 3. The number of ether oxygens (including phenoxy) is 2. The summed E-state index contributed by atoms with van der Waals surface area (Å²) in [4.78, 5) is 43.0. The van der Waals surface area contributed by atoms with Gasteiger partial charge in [0.05, 0.1) is 36.7 Å². The van der Waals surface area contributed by atoms with E-state index in [0.717, 1.165) is 12.8 Å². The van der Waals surface area contributed by atoms with Gasteiger partial charge in [-0.25, -0.2) is 0 Å². The Kier molecular flexibility index (Phi) is 7.85. The van der Waals surface area contributed by atoms with Crippen molar-refractivity contribution in [3.63, 3.8) is 0 Å². The van der Waals surface area contributed by atoms with Crippen LogP contribution in [0.25, 0.3) is 0 Å². The maximum Gasteiger partial charge on any atom is 0.245 e. The summed E-state index contributed by atoms with van der Waals surface area (Å²) in [5.41, 5.74) is -1.37. The molecule has 1 aromatic carbocycles. The summed E-state index contributed by atoms with van der Waals surface area (Å²) in [5.74, 6) is -1.81. The fourth-order valence-corrected chi connectivity index (χ4v) is 6.55. The van der Waals surface area contributed by atoms with Gasteiger partial charge in [-0.1, -0.05) is 27.2 Å². The van der Waals surface area contributed by atoms with Gasteiger partial charge in [0.1, 0.15) is 17.4 Å². The standard InChI is InChI=1S/C28H41N3O6/c1-6-8-15-29-25(34)23-28-14-13-27(5,37-28)21(22(28)26(35)31(23)20(16-32)17(3)4)24(33)30-18-9-11-19(12-10-18)36-7-2/h9-12,17,20-23,32H,6-8,13-16H2,1-5H3,(H,29,34)(H,30,33)/t20-,21+,22-,23?,27-,28?/m0/s1. The Bertz CT molecular complexity index is 1010. The van der Waals surface area contributed by atoms with Crippen molar-refractivity contribution in [2.45, 2.75) is 83.6 Å². The molecule has 0 aromatic heterocycles. The molecule has 3 aliphatic rings. The molecule has 3 N–H and O–H groups in total. The van der Waals surface area contributed by atoms with E-state index in [-0.39, 0.29) is 30.2 Å². The van der Waals surface area contributed by atoms with Crippen LogP contribution in [0, 0.1) is 17.8 Å². The zero-order valence-electron chi connectivity index (χ0n) is 22.6. The van der Waals surface area contributed by atoms with Gasteiger partial charge in [0, 0.05) is 12.2 Å². The number of anilines is 1. The largest absolute Gasteiger partial charge is 0.494 e. The highest BCUT2D eigenvalue weighted by Crippen LogP contribution is 2.63. The lowest BCUT2D eigenvalue weighted by molar-refractivity contribution is -0.150. The first kappa shape index (κ1) is 27.4. The van der Waals surface area contributed by atoms with Crippen LogP contribution in [0.2, 0.25) is 0 Å². The van der Waals surface area contributed by atoms with Crippen LogP contribution in [0.3, 0.4) is 0 Å². The molecule has 2 bridgehead atoms. The molecule has 3 heterocycles. The number of fused-ring (bicyclic) bond motifs is 1. The third-order valence-electron chi connectivity index (χ3n) is 8.32. The smallest absolute Gasteiger partial charge is 0.245 e. The zero-order valence-corrected chi connectivity index (χ0v) is 22.6. The minimum absolute atomic E-state index is 0.0842. The van der Waals surface area contributed by atoms with E-state index in [2.05, 4.69) is 10.6 Å². The second-order valence-corrected chi connectivity index (χ2v) is 11.1. The molecule has 3 aliphatic heterocycles. The molecule has 2 unspecified atom stereocenters. The molecule has 1 aromatic rings. The van der Waals surface area contributed by atoms with Crippen molar-refractivity contribution < 1.29 is 29.0 Å². The van der Waals surface area contributed by atoms with Gasteiger partial charge in [-0.05, 0) is 63.3 Å². The molecule has 1 spiro atoms.